The van der Waals surface area contributed by atoms with Gasteiger partial charge >= 0.3 is 5.69 Å². The van der Waals surface area contributed by atoms with Gasteiger partial charge in [0.1, 0.15) is 5.52 Å². The van der Waals surface area contributed by atoms with Crippen molar-refractivity contribution in [1.82, 2.24) is 15.0 Å². The van der Waals surface area contributed by atoms with Crippen molar-refractivity contribution in [3.05, 3.63) is 93.8 Å². The molecule has 0 aliphatic carbocycles. The standard InChI is InChI=1S/C20H14FN5O3/c21-16-10-9-15(11-19(16)26(28)29)22-20(27)14-7-5-13(6-8-14)12-25-18-4-2-1-3-17(18)23-24-25/h1-11H,12H2,(H,22,27). The molecule has 144 valence electrons. The third-order valence-electron chi connectivity index (χ3n) is 4.37. The number of nitro benzene ring substituents is 1. The molecule has 0 saturated carbocycles. The minimum absolute atomic E-state index is 0.140. The van der Waals surface area contributed by atoms with E-state index in [-0.39, 0.29) is 5.69 Å². The highest BCUT2D eigenvalue weighted by Gasteiger charge is 2.16. The first-order chi connectivity index (χ1) is 14.0. The minimum Gasteiger partial charge on any atom is -0.322 e. The maximum absolute atomic E-state index is 13.4. The highest BCUT2D eigenvalue weighted by Crippen LogP contribution is 2.22. The third-order valence-corrected chi connectivity index (χ3v) is 4.37. The van der Waals surface area contributed by atoms with Gasteiger partial charge in [-0.05, 0) is 42.0 Å². The summed E-state index contributed by atoms with van der Waals surface area (Å²) in [5, 5.41) is 21.6. The number of anilines is 1. The summed E-state index contributed by atoms with van der Waals surface area (Å²) < 4.78 is 15.2. The lowest BCUT2D eigenvalue weighted by Gasteiger charge is -2.07. The Bertz CT molecular complexity index is 1220. The second-order valence-corrected chi connectivity index (χ2v) is 6.31. The van der Waals surface area contributed by atoms with Gasteiger partial charge < -0.3 is 5.32 Å². The molecule has 0 spiro atoms. The molecule has 0 unspecified atom stereocenters. The molecule has 1 amide bonds. The van der Waals surface area contributed by atoms with Crippen molar-refractivity contribution in [3.63, 3.8) is 0 Å². The molecule has 8 nitrogen and oxygen atoms in total. The van der Waals surface area contributed by atoms with Gasteiger partial charge in [-0.1, -0.05) is 29.5 Å². The van der Waals surface area contributed by atoms with Crippen LogP contribution in [0.1, 0.15) is 15.9 Å². The minimum atomic E-state index is -0.960. The molecule has 0 aliphatic heterocycles. The number of benzene rings is 3. The van der Waals surface area contributed by atoms with E-state index in [2.05, 4.69) is 15.6 Å². The lowest BCUT2D eigenvalue weighted by Crippen LogP contribution is -2.12. The Morgan fingerprint density at radius 1 is 1.10 bits per heavy atom. The van der Waals surface area contributed by atoms with Gasteiger partial charge in [0.15, 0.2) is 0 Å². The van der Waals surface area contributed by atoms with E-state index in [9.17, 15) is 19.3 Å². The quantitative estimate of drug-likeness (QED) is 0.412. The fraction of sp³-hybridized carbons (Fsp3) is 0.0500. The van der Waals surface area contributed by atoms with Crippen molar-refractivity contribution in [2.24, 2.45) is 0 Å². The van der Waals surface area contributed by atoms with Crippen LogP contribution in [0.5, 0.6) is 0 Å². The molecule has 9 heteroatoms. The van der Waals surface area contributed by atoms with Gasteiger partial charge in [0.2, 0.25) is 5.82 Å². The zero-order valence-corrected chi connectivity index (χ0v) is 14.9. The summed E-state index contributed by atoms with van der Waals surface area (Å²) in [7, 11) is 0. The predicted molar refractivity (Wildman–Crippen MR) is 104 cm³/mol. The number of amides is 1. The average molecular weight is 391 g/mol. The van der Waals surface area contributed by atoms with Gasteiger partial charge in [-0.15, -0.1) is 5.10 Å². The monoisotopic (exact) mass is 391 g/mol. The summed E-state index contributed by atoms with van der Waals surface area (Å²) in [6.45, 7) is 0.493. The van der Waals surface area contributed by atoms with Crippen molar-refractivity contribution in [2.75, 3.05) is 5.32 Å². The van der Waals surface area contributed by atoms with Crippen molar-refractivity contribution in [1.29, 1.82) is 0 Å². The number of aromatic nitrogens is 3. The molecule has 3 aromatic carbocycles. The molecule has 0 bridgehead atoms. The van der Waals surface area contributed by atoms with Crippen LogP contribution in [0.4, 0.5) is 15.8 Å². The molecule has 4 aromatic rings. The number of carbonyl (C=O) groups is 1. The summed E-state index contributed by atoms with van der Waals surface area (Å²) >= 11 is 0. The van der Waals surface area contributed by atoms with Crippen LogP contribution in [0.25, 0.3) is 11.0 Å². The van der Waals surface area contributed by atoms with Crippen LogP contribution in [0, 0.1) is 15.9 Å². The summed E-state index contributed by atoms with van der Waals surface area (Å²) in [5.41, 5.74) is 2.45. The van der Waals surface area contributed by atoms with Gasteiger partial charge in [0.25, 0.3) is 5.91 Å². The van der Waals surface area contributed by atoms with E-state index in [0.717, 1.165) is 28.7 Å². The van der Waals surface area contributed by atoms with Crippen LogP contribution in [-0.4, -0.2) is 25.8 Å². The van der Waals surface area contributed by atoms with Crippen LogP contribution in [0.15, 0.2) is 66.7 Å². The van der Waals surface area contributed by atoms with Crippen molar-refractivity contribution in [2.45, 2.75) is 6.54 Å². The third kappa shape index (κ3) is 3.79. The zero-order chi connectivity index (χ0) is 20.4. The molecule has 1 heterocycles. The van der Waals surface area contributed by atoms with Crippen LogP contribution in [-0.2, 0) is 6.54 Å². The highest BCUT2D eigenvalue weighted by molar-refractivity contribution is 6.04. The summed E-state index contributed by atoms with van der Waals surface area (Å²) in [6.07, 6.45) is 0. The lowest BCUT2D eigenvalue weighted by molar-refractivity contribution is -0.387. The molecule has 29 heavy (non-hydrogen) atoms. The molecular weight excluding hydrogens is 377 g/mol. The number of nitrogens with zero attached hydrogens (tertiary/aromatic N) is 4. The largest absolute Gasteiger partial charge is 0.322 e. The molecule has 0 fully saturated rings. The fourth-order valence-electron chi connectivity index (χ4n) is 2.90. The predicted octanol–water partition coefficient (Wildman–Crippen LogP) is 3.78. The number of carbonyl (C=O) groups excluding carboxylic acids is 1. The maximum atomic E-state index is 13.4. The first-order valence-corrected chi connectivity index (χ1v) is 8.64. The van der Waals surface area contributed by atoms with Crippen LogP contribution < -0.4 is 5.32 Å². The Morgan fingerprint density at radius 3 is 2.62 bits per heavy atom. The Morgan fingerprint density at radius 2 is 1.86 bits per heavy atom. The Hall–Kier alpha value is -4.14. The molecule has 4 rings (SSSR count). The van der Waals surface area contributed by atoms with E-state index in [0.29, 0.717) is 12.1 Å². The topological polar surface area (TPSA) is 103 Å². The van der Waals surface area contributed by atoms with Crippen LogP contribution in [0.2, 0.25) is 0 Å². The van der Waals surface area contributed by atoms with Gasteiger partial charge in [-0.25, -0.2) is 4.68 Å². The average Bonchev–Trinajstić information content (AvgIpc) is 3.13. The number of hydrogen-bond donors (Lipinski definition) is 1. The molecule has 0 atom stereocenters. The van der Waals surface area contributed by atoms with Crippen molar-refractivity contribution >= 4 is 28.3 Å². The molecular formula is C20H14FN5O3. The van der Waals surface area contributed by atoms with Gasteiger partial charge in [0.05, 0.1) is 17.0 Å². The first-order valence-electron chi connectivity index (χ1n) is 8.64. The van der Waals surface area contributed by atoms with E-state index in [4.69, 9.17) is 0 Å². The van der Waals surface area contributed by atoms with Gasteiger partial charge in [-0.3, -0.25) is 14.9 Å². The molecule has 1 N–H and O–H groups in total. The van der Waals surface area contributed by atoms with Gasteiger partial charge in [0, 0.05) is 17.3 Å². The maximum Gasteiger partial charge on any atom is 0.306 e. The smallest absolute Gasteiger partial charge is 0.306 e. The fourth-order valence-corrected chi connectivity index (χ4v) is 2.90. The van der Waals surface area contributed by atoms with E-state index in [1.54, 1.807) is 28.9 Å². The number of hydrogen-bond acceptors (Lipinski definition) is 5. The van der Waals surface area contributed by atoms with Gasteiger partial charge in [-0.2, -0.15) is 4.39 Å². The van der Waals surface area contributed by atoms with E-state index >= 15 is 0 Å². The Kier molecular flexibility index (Phi) is 4.70. The van der Waals surface area contributed by atoms with Crippen LogP contribution >= 0.6 is 0 Å². The van der Waals surface area contributed by atoms with E-state index in [1.807, 2.05) is 24.3 Å². The lowest BCUT2D eigenvalue weighted by atomic mass is 10.1. The Labute approximate surface area is 163 Å². The molecule has 1 aromatic heterocycles. The summed E-state index contributed by atoms with van der Waals surface area (Å²) in [5.74, 6) is -1.42. The van der Waals surface area contributed by atoms with Crippen molar-refractivity contribution < 1.29 is 14.1 Å². The summed E-state index contributed by atoms with van der Waals surface area (Å²) in [4.78, 5) is 22.4. The van der Waals surface area contributed by atoms with Crippen molar-refractivity contribution in [3.8, 4) is 0 Å². The number of rotatable bonds is 5. The molecule has 0 saturated heterocycles. The number of nitro groups is 1. The molecule has 0 aliphatic rings. The molecule has 0 radical (unpaired) electrons. The van der Waals surface area contributed by atoms with Crippen LogP contribution in [0.3, 0.4) is 0 Å². The number of fused-ring (bicyclic) bond motifs is 1. The number of para-hydroxylation sites is 1. The van der Waals surface area contributed by atoms with E-state index in [1.165, 1.54) is 6.07 Å². The Balaban J connectivity index is 1.48. The second kappa shape index (κ2) is 7.47. The second-order valence-electron chi connectivity index (χ2n) is 6.31. The SMILES string of the molecule is O=C(Nc1ccc(F)c([N+](=O)[O-])c1)c1ccc(Cn2nnc3ccccc32)cc1. The number of nitrogens with one attached hydrogen (secondary N) is 1. The van der Waals surface area contributed by atoms with E-state index < -0.39 is 22.3 Å². The summed E-state index contributed by atoms with van der Waals surface area (Å²) in [6, 6.07) is 17.7. The number of halogens is 1. The highest BCUT2D eigenvalue weighted by atomic mass is 19.1. The first kappa shape index (κ1) is 18.2. The zero-order valence-electron chi connectivity index (χ0n) is 14.9. The normalized spacial score (nSPS) is 10.8.